The van der Waals surface area contributed by atoms with E-state index in [1.54, 1.807) is 0 Å². The molecule has 2 aromatic heterocycles. The molecule has 1 spiro atoms. The van der Waals surface area contributed by atoms with E-state index in [9.17, 15) is 0 Å². The lowest BCUT2D eigenvalue weighted by Crippen LogP contribution is -2.25. The molecule has 15 rings (SSSR count). The summed E-state index contributed by atoms with van der Waals surface area (Å²) in [6, 6.07) is 78.3. The zero-order valence-corrected chi connectivity index (χ0v) is 35.8. The van der Waals surface area contributed by atoms with Crippen LogP contribution in [0.25, 0.3) is 105 Å². The molecular formula is C64H38O2. The second-order valence-corrected chi connectivity index (χ2v) is 18.1. The Morgan fingerprint density at radius 2 is 0.788 bits per heavy atom. The van der Waals surface area contributed by atoms with Gasteiger partial charge < -0.3 is 8.83 Å². The van der Waals surface area contributed by atoms with Gasteiger partial charge in [-0.3, -0.25) is 0 Å². The van der Waals surface area contributed by atoms with Crippen LogP contribution in [-0.4, -0.2) is 0 Å². The smallest absolute Gasteiger partial charge is 0.143 e. The Balaban J connectivity index is 1.03. The molecule has 0 unspecified atom stereocenters. The zero-order chi connectivity index (χ0) is 43.1. The summed E-state index contributed by atoms with van der Waals surface area (Å²) < 4.78 is 13.5. The van der Waals surface area contributed by atoms with E-state index in [1.165, 1.54) is 72.3 Å². The van der Waals surface area contributed by atoms with E-state index in [0.29, 0.717) is 0 Å². The molecule has 0 radical (unpaired) electrons. The average molecular weight is 839 g/mol. The highest BCUT2D eigenvalue weighted by Gasteiger charge is 2.52. The zero-order valence-electron chi connectivity index (χ0n) is 35.8. The molecule has 0 atom stereocenters. The second kappa shape index (κ2) is 13.3. The lowest BCUT2D eigenvalue weighted by Gasteiger charge is -2.31. The Labute approximate surface area is 381 Å². The van der Waals surface area contributed by atoms with Gasteiger partial charge in [-0.25, -0.2) is 0 Å². The van der Waals surface area contributed by atoms with E-state index < -0.39 is 5.41 Å². The number of hydrogen-bond acceptors (Lipinski definition) is 2. The maximum absolute atomic E-state index is 6.74. The van der Waals surface area contributed by atoms with Crippen LogP contribution in [0.4, 0.5) is 0 Å². The maximum atomic E-state index is 6.74. The lowest BCUT2D eigenvalue weighted by molar-refractivity contribution is 0.670. The highest BCUT2D eigenvalue weighted by atomic mass is 16.3. The number of para-hydroxylation sites is 4. The van der Waals surface area contributed by atoms with Gasteiger partial charge in [0.25, 0.3) is 0 Å². The maximum Gasteiger partial charge on any atom is 0.143 e. The molecule has 2 heteroatoms. The van der Waals surface area contributed by atoms with E-state index in [-0.39, 0.29) is 0 Å². The van der Waals surface area contributed by atoms with Crippen LogP contribution in [0.1, 0.15) is 38.9 Å². The predicted octanol–water partition coefficient (Wildman–Crippen LogP) is 16.8. The van der Waals surface area contributed by atoms with E-state index in [0.717, 1.165) is 78.1 Å². The SMILES string of the molecule is C1=C(c2cc(-c3cccc4c3oc3ccccc34)cc(-c3cccc4c3oc3ccccc34)c2)c2ccc3c(c2-c2ccccc2C1)-c1ccccc1C31c2ccccc2-c2ccccc21. The topological polar surface area (TPSA) is 26.3 Å². The molecule has 3 aliphatic rings. The summed E-state index contributed by atoms with van der Waals surface area (Å²) in [6.45, 7) is 0. The monoisotopic (exact) mass is 838 g/mol. The van der Waals surface area contributed by atoms with Crippen LogP contribution < -0.4 is 0 Å². The summed E-state index contributed by atoms with van der Waals surface area (Å²) in [5, 5.41) is 4.47. The summed E-state index contributed by atoms with van der Waals surface area (Å²) in [6.07, 6.45) is 3.27. The molecule has 3 aliphatic carbocycles. The molecule has 2 heterocycles. The van der Waals surface area contributed by atoms with Gasteiger partial charge in [-0.2, -0.15) is 0 Å². The first-order valence-electron chi connectivity index (χ1n) is 23.0. The summed E-state index contributed by atoms with van der Waals surface area (Å²) in [4.78, 5) is 0. The minimum atomic E-state index is -0.442. The number of fused-ring (bicyclic) bond motifs is 20. The predicted molar refractivity (Wildman–Crippen MR) is 271 cm³/mol. The van der Waals surface area contributed by atoms with Gasteiger partial charge in [0.1, 0.15) is 22.3 Å². The third kappa shape index (κ3) is 4.70. The highest BCUT2D eigenvalue weighted by Crippen LogP contribution is 2.65. The third-order valence-corrected chi connectivity index (χ3v) is 14.9. The molecule has 10 aromatic carbocycles. The largest absolute Gasteiger partial charge is 0.455 e. The standard InChI is InChI=1S/C64H38O2/c1-2-16-43-38(15-1)31-32-42(50-33-34-57-61(60(43)50)53-21-5-10-28-56(53)64(57)54-26-8-3-17-46(54)47-18-4-9-27-55(47)64)39-35-40(44-22-13-24-51-48-19-6-11-29-58(48)65-62(44)51)37-41(36-39)45-23-14-25-52-49-20-7-12-30-59(49)66-63(45)52/h1-30,32-37H,31H2. The van der Waals surface area contributed by atoms with Gasteiger partial charge in [0, 0.05) is 32.7 Å². The number of benzene rings is 10. The summed E-state index contributed by atoms with van der Waals surface area (Å²) >= 11 is 0. The normalized spacial score (nSPS) is 13.9. The van der Waals surface area contributed by atoms with Crippen molar-refractivity contribution in [2.75, 3.05) is 0 Å². The van der Waals surface area contributed by atoms with Crippen molar-refractivity contribution in [2.24, 2.45) is 0 Å². The van der Waals surface area contributed by atoms with E-state index in [2.05, 4.69) is 206 Å². The van der Waals surface area contributed by atoms with Crippen LogP contribution in [0, 0.1) is 0 Å². The summed E-state index contributed by atoms with van der Waals surface area (Å²) in [7, 11) is 0. The minimum absolute atomic E-state index is 0.442. The Hall–Kier alpha value is -8.46. The van der Waals surface area contributed by atoms with E-state index >= 15 is 0 Å². The number of hydrogen-bond donors (Lipinski definition) is 0. The van der Waals surface area contributed by atoms with Gasteiger partial charge in [0.05, 0.1) is 5.41 Å². The lowest BCUT2D eigenvalue weighted by atomic mass is 9.70. The van der Waals surface area contributed by atoms with Crippen molar-refractivity contribution in [3.05, 3.63) is 257 Å². The average Bonchev–Trinajstić information content (AvgIpc) is 4.09. The first kappa shape index (κ1) is 35.9. The number of allylic oxidation sites excluding steroid dienone is 1. The van der Waals surface area contributed by atoms with Crippen molar-refractivity contribution in [1.29, 1.82) is 0 Å². The van der Waals surface area contributed by atoms with E-state index in [4.69, 9.17) is 8.83 Å². The summed E-state index contributed by atoms with van der Waals surface area (Å²) in [5.74, 6) is 0. The van der Waals surface area contributed by atoms with Crippen molar-refractivity contribution in [1.82, 2.24) is 0 Å². The molecule has 2 nitrogen and oxygen atoms in total. The molecule has 0 saturated heterocycles. The van der Waals surface area contributed by atoms with Crippen LogP contribution in [0.2, 0.25) is 0 Å². The van der Waals surface area contributed by atoms with Crippen molar-refractivity contribution in [3.8, 4) is 55.6 Å². The van der Waals surface area contributed by atoms with Crippen LogP contribution in [0.5, 0.6) is 0 Å². The van der Waals surface area contributed by atoms with Crippen molar-refractivity contribution >= 4 is 49.5 Å². The Morgan fingerprint density at radius 3 is 1.41 bits per heavy atom. The Bertz CT molecular complexity index is 3920. The molecule has 306 valence electrons. The van der Waals surface area contributed by atoms with Crippen molar-refractivity contribution in [2.45, 2.75) is 11.8 Å². The first-order chi connectivity index (χ1) is 32.7. The fourth-order valence-electron chi connectivity index (χ4n) is 12.3. The van der Waals surface area contributed by atoms with Gasteiger partial charge in [0.15, 0.2) is 0 Å². The Kier molecular flexibility index (Phi) is 7.24. The minimum Gasteiger partial charge on any atom is -0.455 e. The molecule has 0 N–H and O–H groups in total. The molecular weight excluding hydrogens is 801 g/mol. The highest BCUT2D eigenvalue weighted by molar-refractivity contribution is 6.12. The quantitative estimate of drug-likeness (QED) is 0.177. The molecule has 0 fully saturated rings. The van der Waals surface area contributed by atoms with Crippen LogP contribution in [-0.2, 0) is 11.8 Å². The van der Waals surface area contributed by atoms with Crippen molar-refractivity contribution < 1.29 is 8.83 Å². The fraction of sp³-hybridized carbons (Fsp3) is 0.0312. The number of rotatable bonds is 3. The molecule has 66 heavy (non-hydrogen) atoms. The molecule has 12 aromatic rings. The van der Waals surface area contributed by atoms with Crippen molar-refractivity contribution in [3.63, 3.8) is 0 Å². The molecule has 0 aliphatic heterocycles. The van der Waals surface area contributed by atoms with Crippen LogP contribution >= 0.6 is 0 Å². The van der Waals surface area contributed by atoms with Gasteiger partial charge in [-0.05, 0) is 126 Å². The van der Waals surface area contributed by atoms with E-state index in [1.807, 2.05) is 12.1 Å². The van der Waals surface area contributed by atoms with Gasteiger partial charge >= 0.3 is 0 Å². The fourth-order valence-corrected chi connectivity index (χ4v) is 12.3. The second-order valence-electron chi connectivity index (χ2n) is 18.1. The Morgan fingerprint density at radius 1 is 0.318 bits per heavy atom. The van der Waals surface area contributed by atoms with Gasteiger partial charge in [-0.15, -0.1) is 0 Å². The van der Waals surface area contributed by atoms with Gasteiger partial charge in [0.2, 0.25) is 0 Å². The molecule has 0 saturated carbocycles. The van der Waals surface area contributed by atoms with Crippen LogP contribution in [0.15, 0.2) is 227 Å². The third-order valence-electron chi connectivity index (χ3n) is 14.9. The number of furan rings is 2. The first-order valence-corrected chi connectivity index (χ1v) is 23.0. The van der Waals surface area contributed by atoms with Gasteiger partial charge in [-0.1, -0.05) is 188 Å². The summed E-state index contributed by atoms with van der Waals surface area (Å²) in [5.41, 5.74) is 25.6. The van der Waals surface area contributed by atoms with Crippen LogP contribution in [0.3, 0.4) is 0 Å². The molecule has 0 amide bonds. The molecule has 0 bridgehead atoms.